The number of halogens is 3. The zero-order valence-corrected chi connectivity index (χ0v) is 28.2. The molecule has 11 heteroatoms. The second kappa shape index (κ2) is 15.2. The molecule has 4 aromatic rings. The number of nitrogens with two attached hydrogens (primary N) is 1. The van der Waals surface area contributed by atoms with Crippen LogP contribution in [-0.4, -0.2) is 79.2 Å². The molecular weight excluding hydrogens is 629 g/mol. The van der Waals surface area contributed by atoms with Crippen molar-refractivity contribution in [3.63, 3.8) is 0 Å². The number of rotatable bonds is 13. The summed E-state index contributed by atoms with van der Waals surface area (Å²) in [5.41, 5.74) is 12.4. The Morgan fingerprint density at radius 3 is 2.35 bits per heavy atom. The molecule has 0 aliphatic carbocycles. The summed E-state index contributed by atoms with van der Waals surface area (Å²) in [5.74, 6) is 0.689. The number of para-hydroxylation sites is 1. The van der Waals surface area contributed by atoms with E-state index in [2.05, 4.69) is 72.8 Å². The number of aromatic nitrogens is 1. The molecule has 2 aliphatic heterocycles. The third-order valence-corrected chi connectivity index (χ3v) is 9.81. The number of hydrogen-bond acceptors (Lipinski definition) is 7. The van der Waals surface area contributed by atoms with E-state index in [1.54, 1.807) is 19.2 Å². The Hall–Kier alpha value is -4.03. The van der Waals surface area contributed by atoms with Gasteiger partial charge in [-0.1, -0.05) is 43.0 Å². The monoisotopic (exact) mass is 676 g/mol. The van der Waals surface area contributed by atoms with Crippen molar-refractivity contribution in [1.29, 1.82) is 0 Å². The first-order chi connectivity index (χ1) is 23.6. The number of benzene rings is 3. The molecule has 0 amide bonds. The van der Waals surface area contributed by atoms with E-state index in [1.165, 1.54) is 23.3 Å². The Kier molecular flexibility index (Phi) is 10.8. The van der Waals surface area contributed by atoms with E-state index in [0.29, 0.717) is 0 Å². The van der Waals surface area contributed by atoms with Crippen molar-refractivity contribution >= 4 is 10.9 Å². The fraction of sp³-hybridized carbons (Fsp3) is 0.421. The predicted molar refractivity (Wildman–Crippen MR) is 188 cm³/mol. The number of piperidine rings is 1. The molecule has 8 nitrogen and oxygen atoms in total. The van der Waals surface area contributed by atoms with Gasteiger partial charge in [0.15, 0.2) is 0 Å². The van der Waals surface area contributed by atoms with Crippen LogP contribution in [-0.2, 0) is 19.6 Å². The maximum absolute atomic E-state index is 12.8. The van der Waals surface area contributed by atoms with Gasteiger partial charge in [-0.15, -0.1) is 13.2 Å². The molecule has 0 unspecified atom stereocenters. The Morgan fingerprint density at radius 1 is 0.959 bits per heavy atom. The van der Waals surface area contributed by atoms with Gasteiger partial charge in [0.05, 0.1) is 12.6 Å². The number of ether oxygens (including phenoxy) is 2. The van der Waals surface area contributed by atoms with Gasteiger partial charge >= 0.3 is 6.36 Å². The summed E-state index contributed by atoms with van der Waals surface area (Å²) in [5, 5.41) is 7.90. The lowest BCUT2D eigenvalue weighted by Gasteiger charge is -2.36. The van der Waals surface area contributed by atoms with E-state index < -0.39 is 6.36 Å². The maximum Gasteiger partial charge on any atom is 0.573 e. The molecule has 0 atom stereocenters. The van der Waals surface area contributed by atoms with Gasteiger partial charge in [-0.3, -0.25) is 9.80 Å². The molecule has 6 rings (SSSR count). The average Bonchev–Trinajstić information content (AvgIpc) is 3.45. The van der Waals surface area contributed by atoms with Crippen molar-refractivity contribution in [3.8, 4) is 22.6 Å². The lowest BCUT2D eigenvalue weighted by Crippen LogP contribution is -2.53. The van der Waals surface area contributed by atoms with Crippen molar-refractivity contribution in [3.05, 3.63) is 96.3 Å². The van der Waals surface area contributed by atoms with Crippen LogP contribution in [0, 0.1) is 0 Å². The Bertz CT molecular complexity index is 1710. The van der Waals surface area contributed by atoms with Crippen molar-refractivity contribution < 1.29 is 22.6 Å². The summed E-state index contributed by atoms with van der Waals surface area (Å²) >= 11 is 0. The number of fused-ring (bicyclic) bond motifs is 1. The molecule has 262 valence electrons. The van der Waals surface area contributed by atoms with Gasteiger partial charge in [0.25, 0.3) is 0 Å². The molecule has 1 aromatic heterocycles. The molecule has 3 aromatic carbocycles. The minimum atomic E-state index is -4.73. The molecule has 0 spiro atoms. The summed E-state index contributed by atoms with van der Waals surface area (Å²) in [4.78, 5) is 4.94. The van der Waals surface area contributed by atoms with Crippen LogP contribution in [0.3, 0.4) is 0 Å². The third kappa shape index (κ3) is 8.77. The van der Waals surface area contributed by atoms with Gasteiger partial charge in [-0.2, -0.15) is 0 Å². The molecule has 0 bridgehead atoms. The minimum Gasteiger partial charge on any atom is -0.496 e. The van der Waals surface area contributed by atoms with E-state index in [0.717, 1.165) is 118 Å². The molecule has 4 N–H and O–H groups in total. The Balaban J connectivity index is 1.15. The molecule has 2 saturated heterocycles. The van der Waals surface area contributed by atoms with Gasteiger partial charge in [-0.25, -0.2) is 0 Å². The van der Waals surface area contributed by atoms with Crippen LogP contribution < -0.4 is 25.8 Å². The number of methoxy groups -OCH3 is 1. The highest BCUT2D eigenvalue weighted by Gasteiger charge is 2.31. The van der Waals surface area contributed by atoms with E-state index in [1.807, 2.05) is 12.1 Å². The number of alkyl halides is 3. The highest BCUT2D eigenvalue weighted by Crippen LogP contribution is 2.34. The van der Waals surface area contributed by atoms with E-state index >= 15 is 0 Å². The second-order valence-corrected chi connectivity index (χ2v) is 13.2. The highest BCUT2D eigenvalue weighted by atomic mass is 19.4. The number of piperazine rings is 1. The molecule has 0 radical (unpaired) electrons. The largest absolute Gasteiger partial charge is 0.573 e. The molecule has 2 fully saturated rings. The average molecular weight is 677 g/mol. The van der Waals surface area contributed by atoms with Crippen LogP contribution in [0.1, 0.15) is 30.4 Å². The zero-order valence-electron chi connectivity index (χ0n) is 28.2. The van der Waals surface area contributed by atoms with Crippen molar-refractivity contribution in [2.75, 3.05) is 52.9 Å². The van der Waals surface area contributed by atoms with Crippen LogP contribution in [0.25, 0.3) is 22.0 Å². The van der Waals surface area contributed by atoms with E-state index in [9.17, 15) is 13.2 Å². The van der Waals surface area contributed by atoms with Crippen LogP contribution >= 0.6 is 0 Å². The number of nitrogens with zero attached hydrogens (tertiary/aromatic N) is 3. The lowest BCUT2D eigenvalue weighted by molar-refractivity contribution is -0.274. The van der Waals surface area contributed by atoms with Gasteiger partial charge in [0.1, 0.15) is 11.5 Å². The highest BCUT2D eigenvalue weighted by molar-refractivity contribution is 5.96. The summed E-state index contributed by atoms with van der Waals surface area (Å²) in [6.07, 6.45) is -0.0496. The van der Waals surface area contributed by atoms with E-state index in [-0.39, 0.29) is 11.3 Å². The second-order valence-electron chi connectivity index (χ2n) is 13.2. The summed E-state index contributed by atoms with van der Waals surface area (Å²) in [6, 6.07) is 20.9. The van der Waals surface area contributed by atoms with Gasteiger partial charge in [-0.05, 0) is 73.8 Å². The van der Waals surface area contributed by atoms with Crippen molar-refractivity contribution in [2.24, 2.45) is 5.73 Å². The predicted octanol–water partition coefficient (Wildman–Crippen LogP) is 6.11. The Labute approximate surface area is 286 Å². The van der Waals surface area contributed by atoms with Gasteiger partial charge < -0.3 is 30.4 Å². The summed E-state index contributed by atoms with van der Waals surface area (Å²) in [6.45, 7) is 13.1. The molecule has 2 aliphatic rings. The Morgan fingerprint density at radius 2 is 1.65 bits per heavy atom. The third-order valence-electron chi connectivity index (χ3n) is 9.81. The molecular formula is C38H47F3N6O2. The topological polar surface area (TPSA) is 80.0 Å². The molecule has 3 heterocycles. The zero-order chi connectivity index (χ0) is 34.4. The number of nitrogens with one attached hydrogen (secondary N) is 2. The van der Waals surface area contributed by atoms with Crippen LogP contribution in [0.15, 0.2) is 85.2 Å². The molecule has 0 saturated carbocycles. The van der Waals surface area contributed by atoms with Crippen LogP contribution in [0.2, 0.25) is 0 Å². The van der Waals surface area contributed by atoms with Crippen LogP contribution in [0.4, 0.5) is 13.2 Å². The SMILES string of the molecule is C=C(NCCCn1cc(-c2ccc(OC(F)(F)F)cc2)c2cc(CN3CCN(Cc4ccccc4OC)CC3)ccc21)C1(N)CCNCC1. The first kappa shape index (κ1) is 34.8. The first-order valence-electron chi connectivity index (χ1n) is 17.1. The number of hydrogen-bond donors (Lipinski definition) is 3. The molecule has 49 heavy (non-hydrogen) atoms. The van der Waals surface area contributed by atoms with Crippen molar-refractivity contribution in [1.82, 2.24) is 25.0 Å². The standard InChI is InChI=1S/C38H47F3N6O2/c1-28(37(42)14-17-43-18-15-37)44-16-5-19-47-27-34(30-9-11-32(12-10-30)49-38(39,40)41)33-24-29(8-13-35(33)47)25-45-20-22-46(23-21-45)26-31-6-3-4-7-36(31)48-2/h3-4,6-13,24,27,43-44H,1,5,14-23,25-26,42H2,2H3. The quantitative estimate of drug-likeness (QED) is 0.148. The van der Waals surface area contributed by atoms with Gasteiger partial charge in [0.2, 0.25) is 0 Å². The smallest absolute Gasteiger partial charge is 0.496 e. The minimum absolute atomic E-state index is 0.233. The lowest BCUT2D eigenvalue weighted by atomic mass is 9.86. The fourth-order valence-electron chi connectivity index (χ4n) is 6.97. The fourth-order valence-corrected chi connectivity index (χ4v) is 6.97. The van der Waals surface area contributed by atoms with E-state index in [4.69, 9.17) is 10.5 Å². The van der Waals surface area contributed by atoms with Crippen LogP contribution in [0.5, 0.6) is 11.5 Å². The van der Waals surface area contributed by atoms with Crippen molar-refractivity contribution in [2.45, 2.75) is 50.8 Å². The summed E-state index contributed by atoms with van der Waals surface area (Å²) in [7, 11) is 1.71. The number of aryl methyl sites for hydroxylation is 1. The maximum atomic E-state index is 12.8. The normalized spacial score (nSPS) is 17.2. The summed E-state index contributed by atoms with van der Waals surface area (Å²) < 4.78 is 50.4. The van der Waals surface area contributed by atoms with Gasteiger partial charge in [0, 0.05) is 86.3 Å². The first-order valence-corrected chi connectivity index (χ1v) is 17.1.